The Morgan fingerprint density at radius 1 is 1.75 bits per heavy atom. The van der Waals surface area contributed by atoms with Gasteiger partial charge >= 0.3 is 0 Å². The van der Waals surface area contributed by atoms with Crippen LogP contribution in [0, 0.1) is 0 Å². The number of aromatic nitrogens is 3. The first-order valence-electron chi connectivity index (χ1n) is 2.02. The number of rotatable bonds is 0. The van der Waals surface area contributed by atoms with Crippen LogP contribution in [-0.4, -0.2) is 15.0 Å². The summed E-state index contributed by atoms with van der Waals surface area (Å²) in [6.07, 6.45) is 0. The predicted molar refractivity (Wildman–Crippen MR) is 33.1 cm³/mol. The third-order valence-electron chi connectivity index (χ3n) is 0.827. The Morgan fingerprint density at radius 2 is 2.38 bits per heavy atom. The van der Waals surface area contributed by atoms with Crippen molar-refractivity contribution in [3.63, 3.8) is 0 Å². The van der Waals surface area contributed by atoms with Crippen molar-refractivity contribution in [3.8, 4) is 0 Å². The summed E-state index contributed by atoms with van der Waals surface area (Å²) in [4.78, 5) is 0. The summed E-state index contributed by atoms with van der Waals surface area (Å²) >= 11 is 3.10. The average Bonchev–Trinajstić information content (AvgIpc) is 1.98. The van der Waals surface area contributed by atoms with Crippen LogP contribution < -0.4 is 5.73 Å². The van der Waals surface area contributed by atoms with Gasteiger partial charge in [0.25, 0.3) is 0 Å². The van der Waals surface area contributed by atoms with Gasteiger partial charge in [0.2, 0.25) is 0 Å². The molecule has 2 N–H and O–H groups in total. The summed E-state index contributed by atoms with van der Waals surface area (Å²) in [5, 5.41) is 7.23. The van der Waals surface area contributed by atoms with E-state index in [0.29, 0.717) is 10.4 Å². The molecule has 0 saturated heterocycles. The molecule has 1 aromatic rings. The first-order valence-corrected chi connectivity index (χ1v) is 2.82. The van der Waals surface area contributed by atoms with Gasteiger partial charge in [0, 0.05) is 7.05 Å². The lowest BCUT2D eigenvalue weighted by Crippen LogP contribution is -1.96. The molecule has 44 valence electrons. The zero-order valence-corrected chi connectivity index (χ0v) is 5.88. The molecule has 0 aliphatic rings. The maximum Gasteiger partial charge on any atom is 0.172 e. The molecule has 1 rings (SSSR count). The zero-order valence-electron chi connectivity index (χ0n) is 4.30. The topological polar surface area (TPSA) is 56.7 Å². The minimum atomic E-state index is 0.546. The second-order valence-corrected chi connectivity index (χ2v) is 2.14. The first kappa shape index (κ1) is 5.55. The van der Waals surface area contributed by atoms with E-state index in [0.717, 1.165) is 0 Å². The molecule has 0 aliphatic heterocycles. The minimum absolute atomic E-state index is 0.546. The van der Waals surface area contributed by atoms with Crippen molar-refractivity contribution >= 4 is 21.7 Å². The number of hydrogen-bond acceptors (Lipinski definition) is 3. The van der Waals surface area contributed by atoms with Crippen LogP contribution in [0.4, 0.5) is 5.82 Å². The summed E-state index contributed by atoms with van der Waals surface area (Å²) < 4.78 is 2.09. The van der Waals surface area contributed by atoms with Crippen molar-refractivity contribution < 1.29 is 0 Å². The van der Waals surface area contributed by atoms with Crippen LogP contribution in [0.25, 0.3) is 0 Å². The molecule has 0 atom stereocenters. The highest BCUT2D eigenvalue weighted by Gasteiger charge is 1.99. The van der Waals surface area contributed by atoms with Crippen LogP contribution in [0.1, 0.15) is 0 Å². The molecule has 0 fully saturated rings. The van der Waals surface area contributed by atoms with Crippen LogP contribution in [0.3, 0.4) is 0 Å². The van der Waals surface area contributed by atoms with E-state index in [1.54, 1.807) is 7.05 Å². The Morgan fingerprint density at radius 3 is 2.50 bits per heavy atom. The van der Waals surface area contributed by atoms with E-state index in [4.69, 9.17) is 5.73 Å². The molecule has 8 heavy (non-hydrogen) atoms. The van der Waals surface area contributed by atoms with Gasteiger partial charge in [0.15, 0.2) is 10.4 Å². The molecule has 1 heterocycles. The Labute approximate surface area is 54.8 Å². The molecule has 0 amide bonds. The van der Waals surface area contributed by atoms with Crippen LogP contribution in [0.2, 0.25) is 0 Å². The van der Waals surface area contributed by atoms with E-state index in [2.05, 4.69) is 26.2 Å². The summed E-state index contributed by atoms with van der Waals surface area (Å²) in [5.41, 5.74) is 5.39. The van der Waals surface area contributed by atoms with Crippen LogP contribution in [-0.2, 0) is 7.05 Å². The Kier molecular flexibility index (Phi) is 1.21. The van der Waals surface area contributed by atoms with E-state index < -0.39 is 0 Å². The SMILES string of the molecule is Cn1nnc(Br)c1N. The Balaban J connectivity index is 3.19. The molecular weight excluding hydrogens is 172 g/mol. The standard InChI is InChI=1S/C3H5BrN4/c1-8-3(5)2(4)6-7-8/h5H2,1H3. The molecule has 0 aromatic carbocycles. The van der Waals surface area contributed by atoms with E-state index >= 15 is 0 Å². The number of aryl methyl sites for hydroxylation is 1. The lowest BCUT2D eigenvalue weighted by atomic mass is 10.8. The van der Waals surface area contributed by atoms with Crippen LogP contribution >= 0.6 is 15.9 Å². The van der Waals surface area contributed by atoms with E-state index in [1.165, 1.54) is 4.68 Å². The lowest BCUT2D eigenvalue weighted by Gasteiger charge is -1.87. The fraction of sp³-hybridized carbons (Fsp3) is 0.333. The summed E-state index contributed by atoms with van der Waals surface area (Å²) in [6.45, 7) is 0. The Bertz CT molecular complexity index is 174. The van der Waals surface area contributed by atoms with Crippen molar-refractivity contribution in [3.05, 3.63) is 4.60 Å². The third kappa shape index (κ3) is 0.686. The van der Waals surface area contributed by atoms with Gasteiger partial charge in [0.05, 0.1) is 0 Å². The summed E-state index contributed by atoms with van der Waals surface area (Å²) in [5.74, 6) is 0.546. The van der Waals surface area contributed by atoms with Crippen molar-refractivity contribution in [1.82, 2.24) is 15.0 Å². The largest absolute Gasteiger partial charge is 0.382 e. The van der Waals surface area contributed by atoms with Gasteiger partial charge in [-0.05, 0) is 15.9 Å². The number of nitrogens with two attached hydrogens (primary N) is 1. The van der Waals surface area contributed by atoms with E-state index in [-0.39, 0.29) is 0 Å². The fourth-order valence-corrected chi connectivity index (χ4v) is 0.667. The average molecular weight is 177 g/mol. The number of nitrogens with zero attached hydrogens (tertiary/aromatic N) is 3. The Hall–Kier alpha value is -0.580. The second-order valence-electron chi connectivity index (χ2n) is 1.39. The molecule has 0 radical (unpaired) electrons. The van der Waals surface area contributed by atoms with Crippen molar-refractivity contribution in [2.75, 3.05) is 5.73 Å². The molecule has 0 unspecified atom stereocenters. The van der Waals surface area contributed by atoms with Gasteiger partial charge in [-0.1, -0.05) is 5.21 Å². The zero-order chi connectivity index (χ0) is 6.15. The maximum absolute atomic E-state index is 5.39. The highest BCUT2D eigenvalue weighted by Crippen LogP contribution is 2.11. The number of nitrogen functional groups attached to an aromatic ring is 1. The quantitative estimate of drug-likeness (QED) is 0.613. The molecule has 1 aromatic heterocycles. The third-order valence-corrected chi connectivity index (χ3v) is 1.39. The molecule has 0 bridgehead atoms. The monoisotopic (exact) mass is 176 g/mol. The fourth-order valence-electron chi connectivity index (χ4n) is 0.339. The van der Waals surface area contributed by atoms with Gasteiger partial charge in [-0.15, -0.1) is 5.10 Å². The van der Waals surface area contributed by atoms with Crippen molar-refractivity contribution in [2.45, 2.75) is 0 Å². The van der Waals surface area contributed by atoms with Gasteiger partial charge in [-0.2, -0.15) is 0 Å². The molecule has 4 nitrogen and oxygen atoms in total. The van der Waals surface area contributed by atoms with E-state index in [9.17, 15) is 0 Å². The summed E-state index contributed by atoms with van der Waals surface area (Å²) in [7, 11) is 1.73. The highest BCUT2D eigenvalue weighted by molar-refractivity contribution is 9.10. The summed E-state index contributed by atoms with van der Waals surface area (Å²) in [6, 6.07) is 0. The molecule has 0 saturated carbocycles. The highest BCUT2D eigenvalue weighted by atomic mass is 79.9. The molecule has 5 heteroatoms. The smallest absolute Gasteiger partial charge is 0.172 e. The van der Waals surface area contributed by atoms with Crippen LogP contribution in [0.15, 0.2) is 4.60 Å². The second kappa shape index (κ2) is 1.74. The first-order chi connectivity index (χ1) is 3.72. The van der Waals surface area contributed by atoms with Gasteiger partial charge in [-0.25, -0.2) is 4.68 Å². The predicted octanol–water partition coefficient (Wildman–Crippen LogP) is 0.160. The van der Waals surface area contributed by atoms with Gasteiger partial charge < -0.3 is 5.73 Å². The molecule has 0 spiro atoms. The number of anilines is 1. The van der Waals surface area contributed by atoms with Crippen molar-refractivity contribution in [1.29, 1.82) is 0 Å². The normalized spacial score (nSPS) is 9.75. The number of hydrogen-bond donors (Lipinski definition) is 1. The maximum atomic E-state index is 5.39. The van der Waals surface area contributed by atoms with Crippen LogP contribution in [0.5, 0.6) is 0 Å². The number of halogens is 1. The van der Waals surface area contributed by atoms with E-state index in [1.807, 2.05) is 0 Å². The lowest BCUT2D eigenvalue weighted by molar-refractivity contribution is 0.722. The van der Waals surface area contributed by atoms with Gasteiger partial charge in [-0.3, -0.25) is 0 Å². The molecular formula is C3H5BrN4. The van der Waals surface area contributed by atoms with Crippen molar-refractivity contribution in [2.24, 2.45) is 7.05 Å². The van der Waals surface area contributed by atoms with Gasteiger partial charge in [0.1, 0.15) is 0 Å². The molecule has 0 aliphatic carbocycles. The minimum Gasteiger partial charge on any atom is -0.382 e.